The summed E-state index contributed by atoms with van der Waals surface area (Å²) in [4.78, 5) is 0. The Hall–Kier alpha value is 0.110. The summed E-state index contributed by atoms with van der Waals surface area (Å²) in [5.74, 6) is 1.61. The van der Waals surface area contributed by atoms with Crippen LogP contribution in [0.5, 0.6) is 0 Å². The highest BCUT2D eigenvalue weighted by atomic mass is 32.2. The number of hydrogen-bond acceptors (Lipinski definition) is 5. The standard InChI is InChI=1S/C9H15NO2S2/c10-7-8-5-9(6-8,13-3-1-11)14-4-2-12/h8,11-12H,1-6H2. The molecule has 1 saturated carbocycles. The van der Waals surface area contributed by atoms with E-state index >= 15 is 0 Å². The highest BCUT2D eigenvalue weighted by Crippen LogP contribution is 2.55. The van der Waals surface area contributed by atoms with Crippen LogP contribution in [0.25, 0.3) is 0 Å². The molecule has 0 heterocycles. The molecule has 1 aliphatic rings. The van der Waals surface area contributed by atoms with Crippen molar-refractivity contribution in [1.82, 2.24) is 0 Å². The molecule has 0 aromatic heterocycles. The first kappa shape index (κ1) is 12.2. The Morgan fingerprint density at radius 1 is 1.21 bits per heavy atom. The van der Waals surface area contributed by atoms with E-state index in [-0.39, 0.29) is 23.2 Å². The van der Waals surface area contributed by atoms with Crippen molar-refractivity contribution >= 4 is 23.5 Å². The average Bonchev–Trinajstić information content (AvgIpc) is 2.16. The van der Waals surface area contributed by atoms with Gasteiger partial charge >= 0.3 is 0 Å². The summed E-state index contributed by atoms with van der Waals surface area (Å²) in [6.07, 6.45) is 1.78. The van der Waals surface area contributed by atoms with Crippen molar-refractivity contribution in [3.63, 3.8) is 0 Å². The van der Waals surface area contributed by atoms with Crippen LogP contribution in [0.15, 0.2) is 0 Å². The predicted molar refractivity (Wildman–Crippen MR) is 60.2 cm³/mol. The van der Waals surface area contributed by atoms with Gasteiger partial charge in [-0.3, -0.25) is 0 Å². The first-order valence-corrected chi connectivity index (χ1v) is 6.63. The van der Waals surface area contributed by atoms with Crippen LogP contribution in [0.2, 0.25) is 0 Å². The Morgan fingerprint density at radius 3 is 2.07 bits per heavy atom. The van der Waals surface area contributed by atoms with Crippen molar-refractivity contribution in [3.05, 3.63) is 0 Å². The summed E-state index contributed by atoms with van der Waals surface area (Å²) in [6.45, 7) is 0.368. The minimum atomic E-state index is 0.0891. The average molecular weight is 233 g/mol. The van der Waals surface area contributed by atoms with Crippen LogP contribution in [-0.2, 0) is 0 Å². The molecule has 2 N–H and O–H groups in total. The van der Waals surface area contributed by atoms with Gasteiger partial charge in [0, 0.05) is 11.5 Å². The van der Waals surface area contributed by atoms with E-state index in [9.17, 15) is 0 Å². The van der Waals surface area contributed by atoms with Gasteiger partial charge in [-0.1, -0.05) is 0 Å². The highest BCUT2D eigenvalue weighted by Gasteiger charge is 2.44. The minimum Gasteiger partial charge on any atom is -0.396 e. The normalized spacial score (nSPS) is 20.1. The van der Waals surface area contributed by atoms with E-state index in [2.05, 4.69) is 6.07 Å². The maximum atomic E-state index is 8.75. The molecule has 0 atom stereocenters. The molecule has 80 valence electrons. The van der Waals surface area contributed by atoms with Crippen LogP contribution < -0.4 is 0 Å². The van der Waals surface area contributed by atoms with Crippen molar-refractivity contribution in [2.24, 2.45) is 5.92 Å². The molecule has 0 radical (unpaired) electrons. The minimum absolute atomic E-state index is 0.0891. The van der Waals surface area contributed by atoms with Crippen LogP contribution in [0.4, 0.5) is 0 Å². The zero-order chi connectivity index (χ0) is 10.4. The molecule has 5 heteroatoms. The predicted octanol–water partition coefficient (Wildman–Crippen LogP) is 1.07. The fourth-order valence-corrected chi connectivity index (χ4v) is 4.56. The van der Waals surface area contributed by atoms with Crippen molar-refractivity contribution in [2.45, 2.75) is 16.9 Å². The monoisotopic (exact) mass is 233 g/mol. The van der Waals surface area contributed by atoms with Crippen LogP contribution in [-0.4, -0.2) is 39.0 Å². The second-order valence-electron chi connectivity index (χ2n) is 3.29. The van der Waals surface area contributed by atoms with Gasteiger partial charge in [-0.15, -0.1) is 23.5 Å². The van der Waals surface area contributed by atoms with Crippen LogP contribution in [0.1, 0.15) is 12.8 Å². The summed E-state index contributed by atoms with van der Waals surface area (Å²) in [7, 11) is 0. The number of hydrogen-bond donors (Lipinski definition) is 2. The van der Waals surface area contributed by atoms with E-state index in [1.165, 1.54) is 0 Å². The molecule has 0 aromatic carbocycles. The summed E-state index contributed by atoms with van der Waals surface area (Å²) in [5.41, 5.74) is 0. The van der Waals surface area contributed by atoms with Crippen LogP contribution in [0, 0.1) is 17.2 Å². The Morgan fingerprint density at radius 2 is 1.71 bits per heavy atom. The van der Waals surface area contributed by atoms with Gasteiger partial charge in [0.25, 0.3) is 0 Å². The Balaban J connectivity index is 2.35. The van der Waals surface area contributed by atoms with Crippen molar-refractivity contribution in [2.75, 3.05) is 24.7 Å². The molecule has 0 saturated heterocycles. The highest BCUT2D eigenvalue weighted by molar-refractivity contribution is 8.18. The molecular formula is C9H15NO2S2. The smallest absolute Gasteiger partial charge is 0.0657 e. The number of thioether (sulfide) groups is 2. The lowest BCUT2D eigenvalue weighted by atomic mass is 9.85. The second-order valence-corrected chi connectivity index (χ2v) is 6.50. The molecule has 0 aromatic rings. The first-order valence-electron chi connectivity index (χ1n) is 4.65. The molecule has 0 amide bonds. The number of nitrogens with zero attached hydrogens (tertiary/aromatic N) is 1. The summed E-state index contributed by atoms with van der Waals surface area (Å²) in [6, 6.07) is 2.26. The van der Waals surface area contributed by atoms with Gasteiger partial charge in [-0.2, -0.15) is 5.26 Å². The molecule has 1 rings (SSSR count). The second kappa shape index (κ2) is 5.86. The zero-order valence-electron chi connectivity index (χ0n) is 7.98. The third-order valence-corrected chi connectivity index (χ3v) is 5.41. The molecule has 0 bridgehead atoms. The molecule has 1 aliphatic carbocycles. The fourth-order valence-electron chi connectivity index (χ4n) is 1.52. The van der Waals surface area contributed by atoms with E-state index in [1.807, 2.05) is 0 Å². The van der Waals surface area contributed by atoms with Gasteiger partial charge in [-0.25, -0.2) is 0 Å². The Kier molecular flexibility index (Phi) is 5.10. The molecule has 0 unspecified atom stereocenters. The van der Waals surface area contributed by atoms with Crippen molar-refractivity contribution < 1.29 is 10.2 Å². The van der Waals surface area contributed by atoms with E-state index in [0.717, 1.165) is 24.3 Å². The number of aliphatic hydroxyl groups is 2. The van der Waals surface area contributed by atoms with Crippen LogP contribution in [0.3, 0.4) is 0 Å². The molecule has 0 aliphatic heterocycles. The van der Waals surface area contributed by atoms with Gasteiger partial charge in [0.15, 0.2) is 0 Å². The Labute approximate surface area is 92.9 Å². The molecule has 3 nitrogen and oxygen atoms in total. The fraction of sp³-hybridized carbons (Fsp3) is 0.889. The summed E-state index contributed by atoms with van der Waals surface area (Å²) in [5, 5.41) is 26.2. The molecule has 0 spiro atoms. The summed E-state index contributed by atoms with van der Waals surface area (Å²) >= 11 is 3.44. The summed E-state index contributed by atoms with van der Waals surface area (Å²) < 4.78 is 0.0891. The molecular weight excluding hydrogens is 218 g/mol. The molecule has 14 heavy (non-hydrogen) atoms. The molecule has 1 fully saturated rings. The third-order valence-electron chi connectivity index (χ3n) is 2.21. The van der Waals surface area contributed by atoms with Gasteiger partial charge < -0.3 is 10.2 Å². The van der Waals surface area contributed by atoms with E-state index in [4.69, 9.17) is 15.5 Å². The topological polar surface area (TPSA) is 64.2 Å². The van der Waals surface area contributed by atoms with E-state index in [1.54, 1.807) is 23.5 Å². The zero-order valence-corrected chi connectivity index (χ0v) is 9.61. The van der Waals surface area contributed by atoms with Gasteiger partial charge in [0.2, 0.25) is 0 Å². The number of rotatable bonds is 6. The number of aliphatic hydroxyl groups excluding tert-OH is 2. The maximum absolute atomic E-state index is 8.75. The quantitative estimate of drug-likeness (QED) is 0.672. The lowest BCUT2D eigenvalue weighted by Crippen LogP contribution is -2.38. The van der Waals surface area contributed by atoms with Crippen molar-refractivity contribution in [1.29, 1.82) is 5.26 Å². The number of nitriles is 1. The van der Waals surface area contributed by atoms with E-state index < -0.39 is 0 Å². The van der Waals surface area contributed by atoms with Gasteiger partial charge in [-0.05, 0) is 12.8 Å². The van der Waals surface area contributed by atoms with Crippen LogP contribution >= 0.6 is 23.5 Å². The van der Waals surface area contributed by atoms with Gasteiger partial charge in [0.05, 0.1) is 29.3 Å². The van der Waals surface area contributed by atoms with Crippen molar-refractivity contribution in [3.8, 4) is 6.07 Å². The third kappa shape index (κ3) is 3.06. The maximum Gasteiger partial charge on any atom is 0.0657 e. The Bertz CT molecular complexity index is 201. The largest absolute Gasteiger partial charge is 0.396 e. The lowest BCUT2D eigenvalue weighted by Gasteiger charge is -2.43. The SMILES string of the molecule is N#CC1CC(SCCO)(SCCO)C1. The van der Waals surface area contributed by atoms with E-state index in [0.29, 0.717) is 0 Å². The lowest BCUT2D eigenvalue weighted by molar-refractivity contribution is 0.318. The first-order chi connectivity index (χ1) is 6.76. The van der Waals surface area contributed by atoms with Gasteiger partial charge in [0.1, 0.15) is 0 Å².